The van der Waals surface area contributed by atoms with Crippen LogP contribution in [-0.2, 0) is 9.84 Å². The number of rotatable bonds is 3. The van der Waals surface area contributed by atoms with Crippen LogP contribution in [0.1, 0.15) is 18.5 Å². The molecule has 2 heterocycles. The minimum atomic E-state index is -3.34. The molecule has 0 amide bonds. The van der Waals surface area contributed by atoms with E-state index in [1.54, 1.807) is 13.0 Å². The van der Waals surface area contributed by atoms with Crippen LogP contribution in [0.5, 0.6) is 0 Å². The lowest BCUT2D eigenvalue weighted by atomic mass is 10.0. The Kier molecular flexibility index (Phi) is 5.49. The number of sulfone groups is 1. The number of aryl methyl sites for hydroxylation is 1. The summed E-state index contributed by atoms with van der Waals surface area (Å²) >= 11 is 0. The van der Waals surface area contributed by atoms with Crippen LogP contribution in [0.2, 0.25) is 0 Å². The van der Waals surface area contributed by atoms with Crippen LogP contribution >= 0.6 is 12.4 Å². The molecule has 1 aliphatic rings. The summed E-state index contributed by atoms with van der Waals surface area (Å²) in [6, 6.07) is 1.70. The molecule has 1 saturated heterocycles. The zero-order valence-corrected chi connectivity index (χ0v) is 11.9. The SMILES string of the molecule is Cc1ccnc(S(=O)(=O)CC2CCCNC2)n1.Cl. The summed E-state index contributed by atoms with van der Waals surface area (Å²) in [5, 5.41) is 3.18. The monoisotopic (exact) mass is 291 g/mol. The molecular weight excluding hydrogens is 274 g/mol. The highest BCUT2D eigenvalue weighted by Crippen LogP contribution is 2.16. The zero-order valence-electron chi connectivity index (χ0n) is 10.3. The molecule has 0 saturated carbocycles. The van der Waals surface area contributed by atoms with Gasteiger partial charge in [0.1, 0.15) is 0 Å². The van der Waals surface area contributed by atoms with Gasteiger partial charge in [-0.25, -0.2) is 18.4 Å². The Morgan fingerprint density at radius 3 is 2.89 bits per heavy atom. The van der Waals surface area contributed by atoms with Crippen LogP contribution in [-0.4, -0.2) is 37.2 Å². The number of hydrogen-bond donors (Lipinski definition) is 1. The Labute approximate surface area is 114 Å². The fraction of sp³-hybridized carbons (Fsp3) is 0.636. The lowest BCUT2D eigenvalue weighted by Gasteiger charge is -2.21. The Balaban J connectivity index is 0.00000162. The molecule has 1 N–H and O–H groups in total. The van der Waals surface area contributed by atoms with Crippen LogP contribution in [0.25, 0.3) is 0 Å². The van der Waals surface area contributed by atoms with Gasteiger partial charge in [-0.1, -0.05) is 0 Å². The molecule has 1 unspecified atom stereocenters. The molecule has 0 bridgehead atoms. The third kappa shape index (κ3) is 3.90. The number of nitrogens with zero attached hydrogens (tertiary/aromatic N) is 2. The second kappa shape index (κ2) is 6.45. The Bertz CT molecular complexity index is 487. The van der Waals surface area contributed by atoms with E-state index >= 15 is 0 Å². The minimum Gasteiger partial charge on any atom is -0.316 e. The Hall–Kier alpha value is -0.720. The summed E-state index contributed by atoms with van der Waals surface area (Å²) in [6.45, 7) is 3.52. The summed E-state index contributed by atoms with van der Waals surface area (Å²) in [5.74, 6) is 0.321. The van der Waals surface area contributed by atoms with Gasteiger partial charge in [0.25, 0.3) is 0 Å². The molecule has 1 aromatic heterocycles. The minimum absolute atomic E-state index is 0. The van der Waals surface area contributed by atoms with Gasteiger partial charge in [-0.15, -0.1) is 12.4 Å². The quantitative estimate of drug-likeness (QED) is 0.841. The van der Waals surface area contributed by atoms with Crippen molar-refractivity contribution in [2.75, 3.05) is 18.8 Å². The summed E-state index contributed by atoms with van der Waals surface area (Å²) in [4.78, 5) is 7.85. The molecule has 7 heteroatoms. The first-order valence-corrected chi connectivity index (χ1v) is 7.46. The third-order valence-corrected chi connectivity index (χ3v) is 4.57. The van der Waals surface area contributed by atoms with Crippen molar-refractivity contribution >= 4 is 22.2 Å². The average Bonchev–Trinajstić information content (AvgIpc) is 2.30. The van der Waals surface area contributed by atoms with E-state index in [0.717, 1.165) is 25.9 Å². The summed E-state index contributed by atoms with van der Waals surface area (Å²) in [7, 11) is -3.34. The first kappa shape index (κ1) is 15.3. The first-order valence-electron chi connectivity index (χ1n) is 5.81. The zero-order chi connectivity index (χ0) is 12.3. The number of halogens is 1. The summed E-state index contributed by atoms with van der Waals surface area (Å²) in [5.41, 5.74) is 0.681. The summed E-state index contributed by atoms with van der Waals surface area (Å²) < 4.78 is 24.2. The molecule has 1 atom stereocenters. The van der Waals surface area contributed by atoms with E-state index in [-0.39, 0.29) is 29.2 Å². The largest absolute Gasteiger partial charge is 0.316 e. The fourth-order valence-corrected chi connectivity index (χ4v) is 3.59. The van der Waals surface area contributed by atoms with Gasteiger partial charge in [-0.2, -0.15) is 0 Å². The van der Waals surface area contributed by atoms with Crippen LogP contribution in [0.4, 0.5) is 0 Å². The van der Waals surface area contributed by atoms with E-state index < -0.39 is 9.84 Å². The second-order valence-corrected chi connectivity index (χ2v) is 6.40. The molecule has 0 spiro atoms. The highest BCUT2D eigenvalue weighted by atomic mass is 35.5. The van der Waals surface area contributed by atoms with Crippen molar-refractivity contribution < 1.29 is 8.42 Å². The van der Waals surface area contributed by atoms with Gasteiger partial charge in [0.05, 0.1) is 5.75 Å². The van der Waals surface area contributed by atoms with Gasteiger partial charge >= 0.3 is 0 Å². The number of hydrogen-bond acceptors (Lipinski definition) is 5. The van der Waals surface area contributed by atoms with Crippen molar-refractivity contribution in [3.8, 4) is 0 Å². The molecule has 0 aromatic carbocycles. The van der Waals surface area contributed by atoms with Gasteiger partial charge in [0, 0.05) is 11.9 Å². The van der Waals surface area contributed by atoms with E-state index in [4.69, 9.17) is 0 Å². The van der Waals surface area contributed by atoms with Gasteiger partial charge < -0.3 is 5.32 Å². The Morgan fingerprint density at radius 1 is 1.50 bits per heavy atom. The third-order valence-electron chi connectivity index (χ3n) is 2.90. The molecule has 5 nitrogen and oxygen atoms in total. The van der Waals surface area contributed by atoms with Crippen molar-refractivity contribution in [2.24, 2.45) is 5.92 Å². The molecule has 1 aliphatic heterocycles. The van der Waals surface area contributed by atoms with E-state index in [1.807, 2.05) is 0 Å². The van der Waals surface area contributed by atoms with Crippen LogP contribution in [0.15, 0.2) is 17.4 Å². The van der Waals surface area contributed by atoms with Gasteiger partial charge in [0.2, 0.25) is 15.0 Å². The lowest BCUT2D eigenvalue weighted by molar-refractivity contribution is 0.403. The maximum absolute atomic E-state index is 12.1. The van der Waals surface area contributed by atoms with Gasteiger partial charge in [0.15, 0.2) is 0 Å². The maximum atomic E-state index is 12.1. The fourth-order valence-electron chi connectivity index (χ4n) is 2.03. The maximum Gasteiger partial charge on any atom is 0.247 e. The number of piperidine rings is 1. The Morgan fingerprint density at radius 2 is 2.28 bits per heavy atom. The van der Waals surface area contributed by atoms with Gasteiger partial charge in [-0.3, -0.25) is 0 Å². The molecule has 102 valence electrons. The van der Waals surface area contributed by atoms with Crippen molar-refractivity contribution in [2.45, 2.75) is 24.9 Å². The molecule has 1 fully saturated rings. The molecular formula is C11H18ClN3O2S. The molecule has 0 radical (unpaired) electrons. The smallest absolute Gasteiger partial charge is 0.247 e. The van der Waals surface area contributed by atoms with E-state index in [2.05, 4.69) is 15.3 Å². The van der Waals surface area contributed by atoms with E-state index in [0.29, 0.717) is 5.69 Å². The van der Waals surface area contributed by atoms with Crippen molar-refractivity contribution in [3.05, 3.63) is 18.0 Å². The van der Waals surface area contributed by atoms with Gasteiger partial charge in [-0.05, 0) is 44.8 Å². The van der Waals surface area contributed by atoms with Crippen molar-refractivity contribution in [1.29, 1.82) is 0 Å². The average molecular weight is 292 g/mol. The van der Waals surface area contributed by atoms with Crippen LogP contribution in [0, 0.1) is 12.8 Å². The van der Waals surface area contributed by atoms with Crippen LogP contribution < -0.4 is 5.32 Å². The predicted octanol–water partition coefficient (Wildman–Crippen LogP) is 0.980. The van der Waals surface area contributed by atoms with E-state index in [1.165, 1.54) is 6.20 Å². The van der Waals surface area contributed by atoms with Crippen molar-refractivity contribution in [1.82, 2.24) is 15.3 Å². The topological polar surface area (TPSA) is 72.0 Å². The highest BCUT2D eigenvalue weighted by molar-refractivity contribution is 7.91. The van der Waals surface area contributed by atoms with Crippen molar-refractivity contribution in [3.63, 3.8) is 0 Å². The summed E-state index contributed by atoms with van der Waals surface area (Å²) in [6.07, 6.45) is 3.49. The lowest BCUT2D eigenvalue weighted by Crippen LogP contribution is -2.34. The predicted molar refractivity (Wildman–Crippen MR) is 71.7 cm³/mol. The molecule has 2 rings (SSSR count). The number of aromatic nitrogens is 2. The molecule has 0 aliphatic carbocycles. The van der Waals surface area contributed by atoms with E-state index in [9.17, 15) is 8.42 Å². The molecule has 1 aromatic rings. The second-order valence-electron chi connectivity index (χ2n) is 4.47. The normalized spacial score (nSPS) is 20.2. The first-order chi connectivity index (χ1) is 8.08. The highest BCUT2D eigenvalue weighted by Gasteiger charge is 2.24. The van der Waals surface area contributed by atoms with Crippen LogP contribution in [0.3, 0.4) is 0 Å². The standard InChI is InChI=1S/C11H17N3O2S.ClH/c1-9-4-6-13-11(14-9)17(15,16)8-10-3-2-5-12-7-10;/h4,6,10,12H,2-3,5,7-8H2,1H3;1H. The molecule has 18 heavy (non-hydrogen) atoms. The number of nitrogens with one attached hydrogen (secondary N) is 1.